The van der Waals surface area contributed by atoms with E-state index in [-0.39, 0.29) is 43.3 Å². The quantitative estimate of drug-likeness (QED) is 0.0983. The Morgan fingerprint density at radius 2 is 1.57 bits per heavy atom. The molecule has 4 rings (SSSR count). The van der Waals surface area contributed by atoms with Crippen molar-refractivity contribution in [2.45, 2.75) is 42.2 Å². The third kappa shape index (κ3) is 7.75. The van der Waals surface area contributed by atoms with Crippen LogP contribution >= 0.6 is 0 Å². The fourth-order valence-electron chi connectivity index (χ4n) is 4.79. The lowest BCUT2D eigenvalue weighted by Crippen LogP contribution is -2.40. The maximum Gasteiger partial charge on any atom is 0.262 e. The first kappa shape index (κ1) is 32.1. The lowest BCUT2D eigenvalue weighted by Gasteiger charge is -2.27. The fourth-order valence-corrected chi connectivity index (χ4v) is 6.44. The van der Waals surface area contributed by atoms with E-state index in [2.05, 4.69) is 22.5 Å². The van der Waals surface area contributed by atoms with Gasteiger partial charge >= 0.3 is 0 Å². The average molecular weight is 620 g/mol. The van der Waals surface area contributed by atoms with E-state index in [4.69, 9.17) is 14.7 Å². The van der Waals surface area contributed by atoms with Gasteiger partial charge in [-0.1, -0.05) is 42.3 Å². The Hall–Kier alpha value is -4.86. The standard InChI is InChI=1S/C32H33N3O8S/c1-2-3-20-42-22-15-17-23(18-16-22)44(40,41)28(31(37)35-39)14-8-9-19-33-29(36)21-34-32(38)30-24-10-4-6-12-26(24)43-27-13-7-5-11-25(27)30/h4-7,10-13,15-18,28,30,39H,8-9,14,19-21H2,1H3,(H,33,36)(H,34,38)(H,35,37). The Bertz CT molecular complexity index is 1620. The van der Waals surface area contributed by atoms with Crippen molar-refractivity contribution in [2.75, 3.05) is 19.7 Å². The van der Waals surface area contributed by atoms with Crippen LogP contribution in [0.25, 0.3) is 0 Å². The molecular weight excluding hydrogens is 586 g/mol. The highest BCUT2D eigenvalue weighted by molar-refractivity contribution is 7.92. The van der Waals surface area contributed by atoms with Gasteiger partial charge in [0.1, 0.15) is 29.1 Å². The number of fused-ring (bicyclic) bond motifs is 2. The number of unbranched alkanes of at least 4 members (excludes halogenated alkanes) is 1. The lowest BCUT2D eigenvalue weighted by molar-refractivity contribution is -0.129. The van der Waals surface area contributed by atoms with Gasteiger partial charge in [-0.3, -0.25) is 19.6 Å². The van der Waals surface area contributed by atoms with E-state index >= 15 is 0 Å². The highest BCUT2D eigenvalue weighted by atomic mass is 32.2. The van der Waals surface area contributed by atoms with Crippen molar-refractivity contribution in [2.24, 2.45) is 0 Å². The minimum atomic E-state index is -4.13. The highest BCUT2D eigenvalue weighted by Gasteiger charge is 2.34. The summed E-state index contributed by atoms with van der Waals surface area (Å²) in [6, 6.07) is 20.1. The molecule has 1 aliphatic heterocycles. The molecule has 1 unspecified atom stereocenters. The molecule has 0 aliphatic carbocycles. The molecule has 3 aromatic rings. The van der Waals surface area contributed by atoms with Gasteiger partial charge in [0.15, 0.2) is 9.84 Å². The van der Waals surface area contributed by atoms with Crippen LogP contribution in [0.1, 0.15) is 43.2 Å². The van der Waals surface area contributed by atoms with Crippen LogP contribution < -0.4 is 25.6 Å². The molecule has 0 saturated carbocycles. The number of hydroxylamine groups is 1. The monoisotopic (exact) mass is 619 g/mol. The van der Waals surface area contributed by atoms with Gasteiger partial charge in [0.2, 0.25) is 11.8 Å². The molecule has 1 aliphatic rings. The number of hydrogen-bond acceptors (Lipinski definition) is 8. The normalized spacial score (nSPS) is 12.7. The van der Waals surface area contributed by atoms with Crippen molar-refractivity contribution in [3.05, 3.63) is 83.9 Å². The number of amides is 3. The van der Waals surface area contributed by atoms with Crippen molar-refractivity contribution in [1.29, 1.82) is 0 Å². The Kier molecular flexibility index (Phi) is 11.0. The Balaban J connectivity index is 1.26. The number of benzene rings is 3. The smallest absolute Gasteiger partial charge is 0.262 e. The molecule has 0 bridgehead atoms. The van der Waals surface area contributed by atoms with Crippen LogP contribution in [-0.2, 0) is 24.2 Å². The number of carbonyl (C=O) groups is 3. The number of hydrogen-bond donors (Lipinski definition) is 4. The SMILES string of the molecule is CC#CCOc1ccc(S(=O)(=O)C(CCCCNC(=O)CNC(=O)C2c3ccccc3Oc3ccccc32)C(=O)NO)cc1. The van der Waals surface area contributed by atoms with E-state index in [1.165, 1.54) is 29.7 Å². The molecule has 44 heavy (non-hydrogen) atoms. The molecule has 0 aromatic heterocycles. The van der Waals surface area contributed by atoms with Crippen LogP contribution in [-0.4, -0.2) is 56.3 Å². The molecule has 4 N–H and O–H groups in total. The van der Waals surface area contributed by atoms with Gasteiger partial charge < -0.3 is 20.1 Å². The zero-order valence-electron chi connectivity index (χ0n) is 24.0. The number of para-hydroxylation sites is 2. The van der Waals surface area contributed by atoms with E-state index in [1.807, 2.05) is 36.4 Å². The van der Waals surface area contributed by atoms with E-state index < -0.39 is 32.8 Å². The van der Waals surface area contributed by atoms with Gasteiger partial charge in [0.25, 0.3) is 5.91 Å². The van der Waals surface area contributed by atoms with Crippen molar-refractivity contribution in [1.82, 2.24) is 16.1 Å². The molecule has 0 fully saturated rings. The molecule has 230 valence electrons. The van der Waals surface area contributed by atoms with Gasteiger partial charge in [0, 0.05) is 17.7 Å². The summed E-state index contributed by atoms with van der Waals surface area (Å²) in [5.74, 6) is 4.55. The molecule has 0 radical (unpaired) electrons. The highest BCUT2D eigenvalue weighted by Crippen LogP contribution is 2.43. The summed E-state index contributed by atoms with van der Waals surface area (Å²) in [6.07, 6.45) is 0.529. The van der Waals surface area contributed by atoms with Crippen molar-refractivity contribution >= 4 is 27.6 Å². The first-order chi connectivity index (χ1) is 21.3. The summed E-state index contributed by atoms with van der Waals surface area (Å²) in [7, 11) is -4.13. The maximum atomic E-state index is 13.2. The van der Waals surface area contributed by atoms with E-state index in [0.29, 0.717) is 34.8 Å². The topological polar surface area (TPSA) is 160 Å². The molecule has 0 spiro atoms. The Morgan fingerprint density at radius 3 is 2.18 bits per heavy atom. The summed E-state index contributed by atoms with van der Waals surface area (Å²) in [5, 5.41) is 13.0. The number of rotatable bonds is 13. The van der Waals surface area contributed by atoms with Crippen molar-refractivity contribution in [3.63, 3.8) is 0 Å². The van der Waals surface area contributed by atoms with Gasteiger partial charge in [-0.05, 0) is 62.6 Å². The second-order valence-corrected chi connectivity index (χ2v) is 12.0. The summed E-state index contributed by atoms with van der Waals surface area (Å²) in [6.45, 7) is 1.76. The van der Waals surface area contributed by atoms with E-state index in [9.17, 15) is 22.8 Å². The van der Waals surface area contributed by atoms with Gasteiger partial charge in [-0.2, -0.15) is 0 Å². The molecule has 1 atom stereocenters. The first-order valence-electron chi connectivity index (χ1n) is 14.0. The minimum Gasteiger partial charge on any atom is -0.481 e. The largest absolute Gasteiger partial charge is 0.481 e. The van der Waals surface area contributed by atoms with Gasteiger partial charge in [-0.15, -0.1) is 5.92 Å². The maximum absolute atomic E-state index is 13.2. The summed E-state index contributed by atoms with van der Waals surface area (Å²) in [5.41, 5.74) is 2.84. The number of ether oxygens (including phenoxy) is 2. The van der Waals surface area contributed by atoms with Gasteiger partial charge in [0.05, 0.1) is 17.4 Å². The van der Waals surface area contributed by atoms with Crippen LogP contribution in [0.2, 0.25) is 0 Å². The first-order valence-corrected chi connectivity index (χ1v) is 15.5. The second kappa shape index (κ2) is 15.0. The average Bonchev–Trinajstić information content (AvgIpc) is 3.04. The third-order valence-corrected chi connectivity index (χ3v) is 9.13. The molecule has 3 aromatic carbocycles. The molecular formula is C32H33N3O8S. The van der Waals surface area contributed by atoms with Crippen LogP contribution in [0.15, 0.2) is 77.7 Å². The molecule has 0 saturated heterocycles. The van der Waals surface area contributed by atoms with Crippen LogP contribution in [0.5, 0.6) is 17.2 Å². The molecule has 12 heteroatoms. The number of carbonyl (C=O) groups excluding carboxylic acids is 3. The molecule has 3 amide bonds. The van der Waals surface area contributed by atoms with Crippen LogP contribution in [0.3, 0.4) is 0 Å². The molecule has 11 nitrogen and oxygen atoms in total. The second-order valence-electron chi connectivity index (χ2n) is 9.87. The van der Waals surface area contributed by atoms with Crippen LogP contribution in [0.4, 0.5) is 0 Å². The Labute approximate surface area is 255 Å². The van der Waals surface area contributed by atoms with E-state index in [1.54, 1.807) is 19.1 Å². The lowest BCUT2D eigenvalue weighted by atomic mass is 9.87. The fraction of sp³-hybridized carbons (Fsp3) is 0.281. The minimum absolute atomic E-state index is 0.0890. The Morgan fingerprint density at radius 1 is 0.932 bits per heavy atom. The number of nitrogens with one attached hydrogen (secondary N) is 3. The predicted molar refractivity (Wildman–Crippen MR) is 161 cm³/mol. The zero-order chi connectivity index (χ0) is 31.5. The predicted octanol–water partition coefficient (Wildman–Crippen LogP) is 3.08. The zero-order valence-corrected chi connectivity index (χ0v) is 24.9. The summed E-state index contributed by atoms with van der Waals surface area (Å²) in [4.78, 5) is 37.8. The van der Waals surface area contributed by atoms with Gasteiger partial charge in [-0.25, -0.2) is 13.9 Å². The summed E-state index contributed by atoms with van der Waals surface area (Å²) >= 11 is 0. The van der Waals surface area contributed by atoms with E-state index in [0.717, 1.165) is 0 Å². The third-order valence-electron chi connectivity index (χ3n) is 7.00. The number of sulfone groups is 1. The summed E-state index contributed by atoms with van der Waals surface area (Å²) < 4.78 is 37.6. The van der Waals surface area contributed by atoms with Crippen molar-refractivity contribution in [3.8, 4) is 29.1 Å². The molecule has 1 heterocycles. The van der Waals surface area contributed by atoms with Crippen LogP contribution in [0, 0.1) is 11.8 Å². The van der Waals surface area contributed by atoms with Crippen molar-refractivity contribution < 1.29 is 37.5 Å².